The van der Waals surface area contributed by atoms with Crippen LogP contribution < -0.4 is 11.1 Å². The summed E-state index contributed by atoms with van der Waals surface area (Å²) in [5, 5.41) is 6.49. The largest absolute Gasteiger partial charge is 0.384 e. The van der Waals surface area contributed by atoms with Gasteiger partial charge < -0.3 is 15.6 Å². The first-order chi connectivity index (χ1) is 8.15. The standard InChI is InChI=1S/C10H9ClN4O2/c11-8-3-6(4-9(12)14-8)10(16)13-5-7-1-2-17-15-7/h1-4H,5H2,(H2,12,14)(H,13,16). The van der Waals surface area contributed by atoms with Gasteiger partial charge in [0.05, 0.1) is 6.54 Å². The van der Waals surface area contributed by atoms with Gasteiger partial charge in [0.2, 0.25) is 0 Å². The highest BCUT2D eigenvalue weighted by atomic mass is 35.5. The van der Waals surface area contributed by atoms with Gasteiger partial charge in [-0.15, -0.1) is 0 Å². The van der Waals surface area contributed by atoms with Crippen LogP contribution in [0.3, 0.4) is 0 Å². The van der Waals surface area contributed by atoms with Crippen LogP contribution in [-0.4, -0.2) is 16.0 Å². The third-order valence-corrected chi connectivity index (χ3v) is 2.19. The molecule has 0 saturated carbocycles. The molecule has 0 aliphatic rings. The van der Waals surface area contributed by atoms with Crippen LogP contribution in [0.5, 0.6) is 0 Å². The zero-order valence-electron chi connectivity index (χ0n) is 8.68. The molecule has 17 heavy (non-hydrogen) atoms. The maximum atomic E-state index is 11.7. The molecule has 7 heteroatoms. The topological polar surface area (TPSA) is 94.0 Å². The second kappa shape index (κ2) is 4.84. The monoisotopic (exact) mass is 252 g/mol. The molecule has 6 nitrogen and oxygen atoms in total. The fraction of sp³-hybridized carbons (Fsp3) is 0.100. The van der Waals surface area contributed by atoms with Gasteiger partial charge >= 0.3 is 0 Å². The van der Waals surface area contributed by atoms with E-state index in [-0.39, 0.29) is 23.4 Å². The molecule has 2 rings (SSSR count). The van der Waals surface area contributed by atoms with Crippen LogP contribution in [0.15, 0.2) is 29.0 Å². The number of nitrogens with one attached hydrogen (secondary N) is 1. The Morgan fingerprint density at radius 3 is 3.00 bits per heavy atom. The Labute approximate surface area is 102 Å². The molecule has 88 valence electrons. The van der Waals surface area contributed by atoms with Crippen molar-refractivity contribution in [2.45, 2.75) is 6.54 Å². The first kappa shape index (κ1) is 11.4. The maximum Gasteiger partial charge on any atom is 0.251 e. The first-order valence-corrected chi connectivity index (χ1v) is 5.13. The first-order valence-electron chi connectivity index (χ1n) is 4.75. The van der Waals surface area contributed by atoms with E-state index in [0.717, 1.165) is 0 Å². The minimum absolute atomic E-state index is 0.177. The van der Waals surface area contributed by atoms with E-state index in [1.54, 1.807) is 6.07 Å². The van der Waals surface area contributed by atoms with E-state index in [0.29, 0.717) is 11.3 Å². The third-order valence-electron chi connectivity index (χ3n) is 2.00. The molecule has 2 heterocycles. The lowest BCUT2D eigenvalue weighted by Crippen LogP contribution is -2.23. The van der Waals surface area contributed by atoms with E-state index in [1.165, 1.54) is 18.4 Å². The molecule has 0 radical (unpaired) electrons. The molecular weight excluding hydrogens is 244 g/mol. The SMILES string of the molecule is Nc1cc(C(=O)NCc2ccon2)cc(Cl)n1. The molecule has 0 fully saturated rings. The quantitative estimate of drug-likeness (QED) is 0.802. The molecule has 0 aromatic carbocycles. The molecule has 0 atom stereocenters. The predicted molar refractivity (Wildman–Crippen MR) is 61.3 cm³/mol. The summed E-state index contributed by atoms with van der Waals surface area (Å²) < 4.78 is 4.64. The van der Waals surface area contributed by atoms with Gasteiger partial charge in [0.1, 0.15) is 22.9 Å². The van der Waals surface area contributed by atoms with Gasteiger partial charge in [-0.05, 0) is 12.1 Å². The summed E-state index contributed by atoms with van der Waals surface area (Å²) in [4.78, 5) is 15.5. The van der Waals surface area contributed by atoms with E-state index in [2.05, 4.69) is 20.0 Å². The Morgan fingerprint density at radius 2 is 2.35 bits per heavy atom. The van der Waals surface area contributed by atoms with E-state index in [9.17, 15) is 4.79 Å². The average Bonchev–Trinajstić information content (AvgIpc) is 2.77. The van der Waals surface area contributed by atoms with E-state index in [4.69, 9.17) is 17.3 Å². The predicted octanol–water partition coefficient (Wildman–Crippen LogP) is 1.24. The van der Waals surface area contributed by atoms with Crippen molar-refractivity contribution >= 4 is 23.3 Å². The lowest BCUT2D eigenvalue weighted by Gasteiger charge is -2.04. The van der Waals surface area contributed by atoms with Gasteiger partial charge in [-0.2, -0.15) is 0 Å². The number of aromatic nitrogens is 2. The maximum absolute atomic E-state index is 11.7. The Morgan fingerprint density at radius 1 is 1.53 bits per heavy atom. The van der Waals surface area contributed by atoms with Crippen molar-refractivity contribution in [1.29, 1.82) is 0 Å². The lowest BCUT2D eigenvalue weighted by atomic mass is 10.2. The minimum atomic E-state index is -0.302. The number of halogens is 1. The van der Waals surface area contributed by atoms with Gasteiger partial charge in [-0.3, -0.25) is 4.79 Å². The summed E-state index contributed by atoms with van der Waals surface area (Å²) in [6, 6.07) is 4.55. The number of hydrogen-bond donors (Lipinski definition) is 2. The zero-order valence-corrected chi connectivity index (χ0v) is 9.44. The Balaban J connectivity index is 2.04. The van der Waals surface area contributed by atoms with Crippen LogP contribution in [-0.2, 0) is 6.54 Å². The number of nitrogen functional groups attached to an aromatic ring is 1. The summed E-state index contributed by atoms with van der Waals surface area (Å²) in [5.74, 6) is -0.104. The van der Waals surface area contributed by atoms with Crippen molar-refractivity contribution in [3.63, 3.8) is 0 Å². The number of nitrogens with zero attached hydrogens (tertiary/aromatic N) is 2. The van der Waals surface area contributed by atoms with Gasteiger partial charge in [0.25, 0.3) is 5.91 Å². The van der Waals surface area contributed by atoms with Gasteiger partial charge in [0, 0.05) is 11.6 Å². The van der Waals surface area contributed by atoms with Crippen molar-refractivity contribution in [2.24, 2.45) is 0 Å². The van der Waals surface area contributed by atoms with Gasteiger partial charge in [-0.25, -0.2) is 4.98 Å². The van der Waals surface area contributed by atoms with Crippen molar-refractivity contribution in [1.82, 2.24) is 15.5 Å². The molecular formula is C10H9ClN4O2. The molecule has 0 unspecified atom stereocenters. The highest BCUT2D eigenvalue weighted by molar-refractivity contribution is 6.29. The molecule has 0 aliphatic carbocycles. The van der Waals surface area contributed by atoms with Crippen molar-refractivity contribution in [2.75, 3.05) is 5.73 Å². The van der Waals surface area contributed by atoms with Crippen LogP contribution in [0, 0.1) is 0 Å². The summed E-state index contributed by atoms with van der Waals surface area (Å²) >= 11 is 5.70. The molecule has 2 aromatic rings. The molecule has 1 amide bonds. The van der Waals surface area contributed by atoms with Crippen LogP contribution >= 0.6 is 11.6 Å². The van der Waals surface area contributed by atoms with Crippen LogP contribution in [0.4, 0.5) is 5.82 Å². The summed E-state index contributed by atoms with van der Waals surface area (Å²) in [6.45, 7) is 0.273. The summed E-state index contributed by atoms with van der Waals surface area (Å²) in [5.41, 5.74) is 6.47. The molecule has 0 aliphatic heterocycles. The number of anilines is 1. The molecule has 3 N–H and O–H groups in total. The van der Waals surface area contributed by atoms with Crippen LogP contribution in [0.1, 0.15) is 16.1 Å². The fourth-order valence-corrected chi connectivity index (χ4v) is 1.47. The number of rotatable bonds is 3. The Hall–Kier alpha value is -2.08. The van der Waals surface area contributed by atoms with E-state index < -0.39 is 0 Å². The van der Waals surface area contributed by atoms with Crippen molar-refractivity contribution < 1.29 is 9.32 Å². The molecule has 0 bridgehead atoms. The van der Waals surface area contributed by atoms with E-state index >= 15 is 0 Å². The second-order valence-corrected chi connectivity index (χ2v) is 3.66. The lowest BCUT2D eigenvalue weighted by molar-refractivity contribution is 0.0950. The number of amides is 1. The minimum Gasteiger partial charge on any atom is -0.384 e. The number of carbonyl (C=O) groups excluding carboxylic acids is 1. The van der Waals surface area contributed by atoms with Crippen molar-refractivity contribution in [3.05, 3.63) is 40.9 Å². The van der Waals surface area contributed by atoms with Gasteiger partial charge in [-0.1, -0.05) is 16.8 Å². The van der Waals surface area contributed by atoms with Crippen LogP contribution in [0.2, 0.25) is 5.15 Å². The number of carbonyl (C=O) groups is 1. The Bertz CT molecular complexity index is 507. The fourth-order valence-electron chi connectivity index (χ4n) is 1.25. The zero-order chi connectivity index (χ0) is 12.3. The molecule has 0 saturated heterocycles. The highest BCUT2D eigenvalue weighted by Crippen LogP contribution is 2.12. The number of nitrogens with two attached hydrogens (primary N) is 1. The number of pyridine rings is 1. The molecule has 0 spiro atoms. The smallest absolute Gasteiger partial charge is 0.251 e. The molecule has 2 aromatic heterocycles. The summed E-state index contributed by atoms with van der Waals surface area (Å²) in [6.07, 6.45) is 1.43. The normalized spacial score (nSPS) is 10.2. The Kier molecular flexibility index (Phi) is 3.24. The second-order valence-electron chi connectivity index (χ2n) is 3.28. The van der Waals surface area contributed by atoms with Crippen LogP contribution in [0.25, 0.3) is 0 Å². The summed E-state index contributed by atoms with van der Waals surface area (Å²) in [7, 11) is 0. The van der Waals surface area contributed by atoms with E-state index in [1.807, 2.05) is 0 Å². The average molecular weight is 253 g/mol. The highest BCUT2D eigenvalue weighted by Gasteiger charge is 2.08. The number of hydrogen-bond acceptors (Lipinski definition) is 5. The van der Waals surface area contributed by atoms with Gasteiger partial charge in [0.15, 0.2) is 0 Å². The third kappa shape index (κ3) is 2.94. The van der Waals surface area contributed by atoms with Crippen molar-refractivity contribution in [3.8, 4) is 0 Å².